The van der Waals surface area contributed by atoms with Crippen molar-refractivity contribution in [2.75, 3.05) is 12.3 Å². The average Bonchev–Trinajstić information content (AvgIpc) is 2.35. The topological polar surface area (TPSA) is 90.1 Å². The summed E-state index contributed by atoms with van der Waals surface area (Å²) in [5.41, 5.74) is 5.94. The Morgan fingerprint density at radius 1 is 1.37 bits per heavy atom. The lowest BCUT2D eigenvalue weighted by atomic mass is 10.3. The van der Waals surface area contributed by atoms with Gasteiger partial charge in [-0.1, -0.05) is 6.07 Å². The minimum Gasteiger partial charge on any atom is -0.492 e. The summed E-state index contributed by atoms with van der Waals surface area (Å²) in [4.78, 5) is 25.0. The Bertz CT molecular complexity index is 688. The molecule has 0 atom stereocenters. The molecule has 0 fully saturated rings. The molecule has 0 aliphatic heterocycles. The van der Waals surface area contributed by atoms with Gasteiger partial charge in [0.2, 0.25) is 0 Å². The molecule has 1 aromatic heterocycles. The van der Waals surface area contributed by atoms with Crippen molar-refractivity contribution in [1.82, 2.24) is 9.55 Å². The number of benzene rings is 1. The van der Waals surface area contributed by atoms with Crippen LogP contribution in [0.1, 0.15) is 5.56 Å². The number of anilines is 1. The average molecular weight is 261 g/mol. The van der Waals surface area contributed by atoms with Crippen LogP contribution in [0, 0.1) is 6.92 Å². The summed E-state index contributed by atoms with van der Waals surface area (Å²) in [5.74, 6) is 0.647. The first-order valence-corrected chi connectivity index (χ1v) is 5.85. The number of aromatic nitrogens is 2. The highest BCUT2D eigenvalue weighted by Crippen LogP contribution is 2.14. The number of ether oxygens (including phenoxy) is 1. The molecule has 2 aromatic rings. The fourth-order valence-electron chi connectivity index (χ4n) is 1.65. The summed E-state index contributed by atoms with van der Waals surface area (Å²) < 4.78 is 6.89. The molecule has 0 saturated heterocycles. The minimum absolute atomic E-state index is 0.314. The minimum atomic E-state index is -0.438. The number of rotatable bonds is 4. The summed E-state index contributed by atoms with van der Waals surface area (Å²) in [6, 6.07) is 7.06. The number of hydrogen-bond acceptors (Lipinski definition) is 4. The highest BCUT2D eigenvalue weighted by molar-refractivity contribution is 5.43. The summed E-state index contributed by atoms with van der Waals surface area (Å²) in [6.45, 7) is 2.31. The third-order valence-electron chi connectivity index (χ3n) is 2.65. The molecule has 2 rings (SSSR count). The largest absolute Gasteiger partial charge is 0.492 e. The monoisotopic (exact) mass is 261 g/mol. The number of nitrogens with one attached hydrogen (secondary N) is 1. The van der Waals surface area contributed by atoms with E-state index in [2.05, 4.69) is 4.98 Å². The van der Waals surface area contributed by atoms with Crippen LogP contribution in [-0.4, -0.2) is 16.2 Å². The van der Waals surface area contributed by atoms with E-state index in [1.807, 2.05) is 0 Å². The zero-order valence-corrected chi connectivity index (χ0v) is 10.6. The SMILES string of the molecule is Cc1cn(CCOc2cccc(N)c2)c(=O)[nH]c1=O. The van der Waals surface area contributed by atoms with Gasteiger partial charge in [0.1, 0.15) is 12.4 Å². The van der Waals surface area contributed by atoms with Crippen molar-refractivity contribution >= 4 is 5.69 Å². The molecule has 100 valence electrons. The van der Waals surface area contributed by atoms with Gasteiger partial charge in [-0.25, -0.2) is 4.79 Å². The van der Waals surface area contributed by atoms with E-state index in [0.29, 0.717) is 30.2 Å². The molecule has 0 amide bonds. The molecular formula is C13H15N3O3. The summed E-state index contributed by atoms with van der Waals surface area (Å²) in [7, 11) is 0. The number of nitrogen functional groups attached to an aromatic ring is 1. The van der Waals surface area contributed by atoms with Crippen LogP contribution < -0.4 is 21.7 Å². The molecule has 19 heavy (non-hydrogen) atoms. The Morgan fingerprint density at radius 2 is 2.16 bits per heavy atom. The number of aryl methyl sites for hydroxylation is 1. The molecule has 0 aliphatic rings. The normalized spacial score (nSPS) is 10.4. The van der Waals surface area contributed by atoms with E-state index in [1.54, 1.807) is 31.2 Å². The van der Waals surface area contributed by atoms with Crippen LogP contribution in [-0.2, 0) is 6.54 Å². The Labute approximate surface area is 109 Å². The molecule has 0 unspecified atom stereocenters. The second kappa shape index (κ2) is 5.43. The first-order chi connectivity index (χ1) is 9.06. The van der Waals surface area contributed by atoms with Gasteiger partial charge in [0.05, 0.1) is 6.54 Å². The predicted molar refractivity (Wildman–Crippen MR) is 72.4 cm³/mol. The maximum absolute atomic E-state index is 11.5. The predicted octanol–water partition coefficient (Wildman–Crippen LogP) is 0.506. The van der Waals surface area contributed by atoms with E-state index in [-0.39, 0.29) is 5.56 Å². The lowest BCUT2D eigenvalue weighted by molar-refractivity contribution is 0.295. The highest BCUT2D eigenvalue weighted by atomic mass is 16.5. The summed E-state index contributed by atoms with van der Waals surface area (Å²) >= 11 is 0. The van der Waals surface area contributed by atoms with E-state index in [1.165, 1.54) is 10.8 Å². The van der Waals surface area contributed by atoms with Gasteiger partial charge in [0, 0.05) is 23.5 Å². The fraction of sp³-hybridized carbons (Fsp3) is 0.231. The van der Waals surface area contributed by atoms with Crippen molar-refractivity contribution in [3.8, 4) is 5.75 Å². The van der Waals surface area contributed by atoms with Crippen LogP contribution in [0.15, 0.2) is 40.1 Å². The van der Waals surface area contributed by atoms with Crippen LogP contribution in [0.3, 0.4) is 0 Å². The van der Waals surface area contributed by atoms with Crippen molar-refractivity contribution in [3.05, 3.63) is 56.9 Å². The number of hydrogen-bond donors (Lipinski definition) is 2. The van der Waals surface area contributed by atoms with Crippen molar-refractivity contribution in [1.29, 1.82) is 0 Å². The fourth-order valence-corrected chi connectivity index (χ4v) is 1.65. The molecule has 3 N–H and O–H groups in total. The smallest absolute Gasteiger partial charge is 0.328 e. The third-order valence-corrected chi connectivity index (χ3v) is 2.65. The first-order valence-electron chi connectivity index (χ1n) is 5.85. The van der Waals surface area contributed by atoms with Gasteiger partial charge in [-0.05, 0) is 19.1 Å². The molecule has 0 aliphatic carbocycles. The van der Waals surface area contributed by atoms with E-state index in [4.69, 9.17) is 10.5 Å². The lowest BCUT2D eigenvalue weighted by Gasteiger charge is -2.08. The second-order valence-electron chi connectivity index (χ2n) is 4.19. The molecule has 6 nitrogen and oxygen atoms in total. The zero-order chi connectivity index (χ0) is 13.8. The Kier molecular flexibility index (Phi) is 3.70. The molecule has 0 spiro atoms. The van der Waals surface area contributed by atoms with E-state index in [0.717, 1.165) is 0 Å². The third kappa shape index (κ3) is 3.25. The van der Waals surface area contributed by atoms with Crippen LogP contribution in [0.5, 0.6) is 5.75 Å². The molecule has 1 heterocycles. The maximum Gasteiger partial charge on any atom is 0.328 e. The second-order valence-corrected chi connectivity index (χ2v) is 4.19. The molecule has 1 aromatic carbocycles. The van der Waals surface area contributed by atoms with Crippen LogP contribution in [0.2, 0.25) is 0 Å². The first kappa shape index (κ1) is 12.9. The molecule has 0 radical (unpaired) electrons. The van der Waals surface area contributed by atoms with Gasteiger partial charge < -0.3 is 10.5 Å². The van der Waals surface area contributed by atoms with Gasteiger partial charge >= 0.3 is 5.69 Å². The number of H-pyrrole nitrogens is 1. The highest BCUT2D eigenvalue weighted by Gasteiger charge is 2.01. The number of nitrogens with zero attached hydrogens (tertiary/aromatic N) is 1. The van der Waals surface area contributed by atoms with Crippen LogP contribution in [0.4, 0.5) is 5.69 Å². The van der Waals surface area contributed by atoms with Crippen molar-refractivity contribution in [2.24, 2.45) is 0 Å². The molecule has 0 saturated carbocycles. The number of aromatic amines is 1. The molecule has 0 bridgehead atoms. The van der Waals surface area contributed by atoms with Crippen LogP contribution in [0.25, 0.3) is 0 Å². The van der Waals surface area contributed by atoms with Gasteiger partial charge in [-0.3, -0.25) is 14.3 Å². The maximum atomic E-state index is 11.5. The standard InChI is InChI=1S/C13H15N3O3/c1-9-8-16(13(18)15-12(9)17)5-6-19-11-4-2-3-10(14)7-11/h2-4,7-8H,5-6,14H2,1H3,(H,15,17,18). The zero-order valence-electron chi connectivity index (χ0n) is 10.6. The van der Waals surface area contributed by atoms with E-state index < -0.39 is 5.69 Å². The molecule has 6 heteroatoms. The van der Waals surface area contributed by atoms with Gasteiger partial charge in [0.25, 0.3) is 5.56 Å². The Balaban J connectivity index is 2.02. The summed E-state index contributed by atoms with van der Waals surface area (Å²) in [6.07, 6.45) is 1.52. The van der Waals surface area contributed by atoms with Crippen LogP contribution >= 0.6 is 0 Å². The van der Waals surface area contributed by atoms with Crippen molar-refractivity contribution in [2.45, 2.75) is 13.5 Å². The van der Waals surface area contributed by atoms with E-state index in [9.17, 15) is 9.59 Å². The van der Waals surface area contributed by atoms with Gasteiger partial charge in [-0.2, -0.15) is 0 Å². The Hall–Kier alpha value is -2.50. The molecular weight excluding hydrogens is 246 g/mol. The quantitative estimate of drug-likeness (QED) is 0.784. The van der Waals surface area contributed by atoms with Crippen molar-refractivity contribution < 1.29 is 4.74 Å². The summed E-state index contributed by atoms with van der Waals surface area (Å²) in [5, 5.41) is 0. The number of nitrogens with two attached hydrogens (primary N) is 1. The lowest BCUT2D eigenvalue weighted by Crippen LogP contribution is -2.32. The van der Waals surface area contributed by atoms with Crippen molar-refractivity contribution in [3.63, 3.8) is 0 Å². The van der Waals surface area contributed by atoms with Gasteiger partial charge in [0.15, 0.2) is 0 Å². The Morgan fingerprint density at radius 3 is 2.89 bits per heavy atom. The van der Waals surface area contributed by atoms with Gasteiger partial charge in [-0.15, -0.1) is 0 Å². The van der Waals surface area contributed by atoms with E-state index >= 15 is 0 Å².